The van der Waals surface area contributed by atoms with Crippen molar-refractivity contribution in [2.45, 2.75) is 151 Å². The predicted molar refractivity (Wildman–Crippen MR) is 162 cm³/mol. The summed E-state index contributed by atoms with van der Waals surface area (Å²) in [6, 6.07) is -1.25. The molecule has 2 aliphatic heterocycles. The van der Waals surface area contributed by atoms with Crippen LogP contribution in [0.15, 0.2) is 0 Å². The number of rotatable bonds is 11. The van der Waals surface area contributed by atoms with E-state index in [0.29, 0.717) is 6.42 Å². The van der Waals surface area contributed by atoms with Crippen molar-refractivity contribution in [3.63, 3.8) is 0 Å². The molecule has 2 N–H and O–H groups in total. The van der Waals surface area contributed by atoms with E-state index in [-0.39, 0.29) is 30.5 Å². The summed E-state index contributed by atoms with van der Waals surface area (Å²) in [5.74, 6) is -0.425. The molecule has 12 atom stereocenters. The van der Waals surface area contributed by atoms with Crippen molar-refractivity contribution < 1.29 is 52.6 Å². The lowest BCUT2D eigenvalue weighted by atomic mass is 9.90. The molecule has 0 bridgehead atoms. The van der Waals surface area contributed by atoms with Gasteiger partial charge in [0.1, 0.15) is 34.0 Å². The van der Waals surface area contributed by atoms with Crippen molar-refractivity contribution in [2.75, 3.05) is 27.9 Å². The topological polar surface area (TPSA) is 140 Å². The van der Waals surface area contributed by atoms with Gasteiger partial charge in [0.2, 0.25) is 0 Å². The van der Waals surface area contributed by atoms with Gasteiger partial charge in [-0.2, -0.15) is 0 Å². The molecule has 248 valence electrons. The number of methoxy groups -OCH3 is 2. The van der Waals surface area contributed by atoms with Gasteiger partial charge in [0.25, 0.3) is 5.91 Å². The Morgan fingerprint density at radius 1 is 0.773 bits per heavy atom. The van der Waals surface area contributed by atoms with Gasteiger partial charge in [-0.05, 0) is 38.5 Å². The maximum absolute atomic E-state index is 11.9. The molecule has 2 heterocycles. The average molecular weight is 623 g/mol. The Bertz CT molecular complexity index is 873. The van der Waals surface area contributed by atoms with Crippen molar-refractivity contribution in [3.05, 3.63) is 0 Å². The minimum atomic E-state index is -0.949. The zero-order chi connectivity index (χ0) is 32.2. The fourth-order valence-electron chi connectivity index (χ4n) is 6.36. The molecular formula is C30H51B2NO11. The lowest BCUT2D eigenvalue weighted by molar-refractivity contribution is -0.136. The van der Waals surface area contributed by atoms with Gasteiger partial charge in [0, 0.05) is 33.3 Å². The molecule has 1 amide bonds. The summed E-state index contributed by atoms with van der Waals surface area (Å²) in [6.45, 7) is 3.47. The fourth-order valence-corrected chi connectivity index (χ4v) is 6.36. The number of aliphatic hydroxyl groups is 1. The Balaban J connectivity index is 0.000000257. The van der Waals surface area contributed by atoms with E-state index in [9.17, 15) is 14.7 Å². The predicted octanol–water partition coefficient (Wildman–Crippen LogP) is 1.89. The van der Waals surface area contributed by atoms with Crippen molar-refractivity contribution >= 4 is 27.8 Å². The highest BCUT2D eigenvalue weighted by Crippen LogP contribution is 2.33. The molecule has 14 heteroatoms. The standard InChI is InChI=1S/C17H28BNO7.C13H23BO4/c1-4-10-14(26-17(21)23-9-13(20)19-2)15(16(18)25-10)24-12-8-6-5-7-11(12)22-3;1-3-8-11(15)12(13(14)18-8)17-10-7-5-4-6-9(10)16-2/h10-12,14-16H,4-9H2,1-3H3,(H,19,20);8-13,15H,3-7H2,1-2H3/t10-,11-,12-,14?,15+,16-;8-,9-,10-,11?,12+,13-/m11/s1. The molecule has 4 radical (unpaired) electrons. The number of hydrogen-bond donors (Lipinski definition) is 2. The van der Waals surface area contributed by atoms with Crippen LogP contribution in [0.2, 0.25) is 0 Å². The minimum Gasteiger partial charge on any atom is -0.425 e. The molecule has 0 aromatic rings. The third kappa shape index (κ3) is 10.0. The van der Waals surface area contributed by atoms with Gasteiger partial charge in [-0.1, -0.05) is 39.5 Å². The number of nitrogens with one attached hydrogen (secondary N) is 1. The maximum atomic E-state index is 11.9. The summed E-state index contributed by atoms with van der Waals surface area (Å²) in [7, 11) is 16.8. The number of hydrogen-bond acceptors (Lipinski definition) is 11. The van der Waals surface area contributed by atoms with Gasteiger partial charge in [0.15, 0.2) is 12.7 Å². The highest BCUT2D eigenvalue weighted by molar-refractivity contribution is 6.12. The van der Waals surface area contributed by atoms with Crippen LogP contribution < -0.4 is 5.32 Å². The number of carbonyl (C=O) groups is 2. The minimum absolute atomic E-state index is 0.0162. The SMILES string of the molecule is [B][C@@H]1O[C@H](CC)C(O)[C@@H]1O[C@@H]1CCCC[C@H]1OC.[B][C@@H]1O[C@H](CC)C(OC(=O)OCC(=O)NC)[C@@H]1O[C@@H]1CCCC[C@H]1OC. The molecule has 0 aromatic carbocycles. The molecule has 4 aliphatic rings. The van der Waals surface area contributed by atoms with E-state index in [4.69, 9.17) is 53.6 Å². The summed E-state index contributed by atoms with van der Waals surface area (Å²) in [6.07, 6.45) is 5.58. The first kappa shape index (κ1) is 37.1. The van der Waals surface area contributed by atoms with E-state index < -0.39 is 61.2 Å². The van der Waals surface area contributed by atoms with E-state index in [1.807, 2.05) is 13.8 Å². The molecular weight excluding hydrogens is 572 g/mol. The largest absolute Gasteiger partial charge is 0.509 e. The van der Waals surface area contributed by atoms with Crippen LogP contribution in [0.25, 0.3) is 0 Å². The first-order valence-electron chi connectivity index (χ1n) is 16.1. The molecule has 2 saturated carbocycles. The lowest BCUT2D eigenvalue weighted by Gasteiger charge is -2.34. The van der Waals surface area contributed by atoms with Gasteiger partial charge < -0.3 is 48.3 Å². The molecule has 2 saturated heterocycles. The van der Waals surface area contributed by atoms with Gasteiger partial charge in [0.05, 0.1) is 36.6 Å². The van der Waals surface area contributed by atoms with Crippen molar-refractivity contribution in [3.8, 4) is 0 Å². The van der Waals surface area contributed by atoms with Crippen LogP contribution in [0, 0.1) is 0 Å². The Kier molecular flexibility index (Phi) is 15.7. The van der Waals surface area contributed by atoms with Crippen LogP contribution in [0.4, 0.5) is 4.79 Å². The Labute approximate surface area is 264 Å². The molecule has 12 nitrogen and oxygen atoms in total. The fraction of sp³-hybridized carbons (Fsp3) is 0.933. The first-order chi connectivity index (χ1) is 21.2. The zero-order valence-electron chi connectivity index (χ0n) is 26.9. The number of ether oxygens (including phenoxy) is 8. The number of amides is 1. The Hall–Kier alpha value is -1.41. The van der Waals surface area contributed by atoms with Crippen molar-refractivity contribution in [1.29, 1.82) is 0 Å². The van der Waals surface area contributed by atoms with Crippen LogP contribution in [0.5, 0.6) is 0 Å². The van der Waals surface area contributed by atoms with Crippen LogP contribution in [-0.4, -0.2) is 134 Å². The third-order valence-electron chi connectivity index (χ3n) is 8.91. The molecule has 4 fully saturated rings. The van der Waals surface area contributed by atoms with Crippen LogP contribution in [-0.2, 0) is 42.7 Å². The summed E-state index contributed by atoms with van der Waals surface area (Å²) < 4.78 is 44.5. The molecule has 2 aliphatic carbocycles. The van der Waals surface area contributed by atoms with E-state index in [2.05, 4.69) is 5.32 Å². The second-order valence-corrected chi connectivity index (χ2v) is 11.8. The Morgan fingerprint density at radius 3 is 1.73 bits per heavy atom. The first-order valence-corrected chi connectivity index (χ1v) is 16.1. The van der Waals surface area contributed by atoms with Crippen LogP contribution >= 0.6 is 0 Å². The summed E-state index contributed by atoms with van der Waals surface area (Å²) in [5.41, 5.74) is 0. The molecule has 2 unspecified atom stereocenters. The van der Waals surface area contributed by atoms with E-state index in [1.54, 1.807) is 14.2 Å². The third-order valence-corrected chi connectivity index (χ3v) is 8.91. The lowest BCUT2D eigenvalue weighted by Crippen LogP contribution is -2.45. The number of likely N-dealkylation sites (N-methyl/N-ethyl adjacent to an activating group) is 1. The smallest absolute Gasteiger partial charge is 0.425 e. The van der Waals surface area contributed by atoms with Crippen LogP contribution in [0.3, 0.4) is 0 Å². The van der Waals surface area contributed by atoms with Crippen LogP contribution in [0.1, 0.15) is 78.1 Å². The van der Waals surface area contributed by atoms with Crippen molar-refractivity contribution in [2.24, 2.45) is 0 Å². The normalized spacial score (nSPS) is 38.8. The zero-order valence-corrected chi connectivity index (χ0v) is 26.9. The quantitative estimate of drug-likeness (QED) is 0.258. The highest BCUT2D eigenvalue weighted by atomic mass is 16.7. The average Bonchev–Trinajstić information content (AvgIpc) is 3.49. The summed E-state index contributed by atoms with van der Waals surface area (Å²) in [5, 5.41) is 12.5. The Morgan fingerprint density at radius 2 is 1.25 bits per heavy atom. The molecule has 4 rings (SSSR count). The van der Waals surface area contributed by atoms with Gasteiger partial charge in [-0.25, -0.2) is 4.79 Å². The molecule has 0 aromatic heterocycles. The van der Waals surface area contributed by atoms with E-state index >= 15 is 0 Å². The number of aliphatic hydroxyl groups excluding tert-OH is 1. The van der Waals surface area contributed by atoms with Gasteiger partial charge >= 0.3 is 6.16 Å². The number of carbonyl (C=O) groups excluding carboxylic acids is 2. The van der Waals surface area contributed by atoms with Crippen molar-refractivity contribution in [1.82, 2.24) is 5.32 Å². The summed E-state index contributed by atoms with van der Waals surface area (Å²) in [4.78, 5) is 23.1. The second-order valence-electron chi connectivity index (χ2n) is 11.8. The van der Waals surface area contributed by atoms with Gasteiger partial charge in [-0.15, -0.1) is 0 Å². The maximum Gasteiger partial charge on any atom is 0.509 e. The van der Waals surface area contributed by atoms with E-state index in [1.165, 1.54) is 13.5 Å². The molecule has 0 spiro atoms. The second kappa shape index (κ2) is 18.7. The highest BCUT2D eigenvalue weighted by Gasteiger charge is 2.47. The molecule has 44 heavy (non-hydrogen) atoms. The summed E-state index contributed by atoms with van der Waals surface area (Å²) >= 11 is 0. The van der Waals surface area contributed by atoms with E-state index in [0.717, 1.165) is 51.4 Å². The monoisotopic (exact) mass is 623 g/mol. The van der Waals surface area contributed by atoms with Gasteiger partial charge in [-0.3, -0.25) is 4.79 Å².